The Morgan fingerprint density at radius 2 is 2.20 bits per heavy atom. The molecular formula is C15H14N4O. The van der Waals surface area contributed by atoms with Crippen molar-refractivity contribution in [1.29, 1.82) is 0 Å². The predicted octanol–water partition coefficient (Wildman–Crippen LogP) is 3.04. The Morgan fingerprint density at radius 1 is 1.25 bits per heavy atom. The largest absolute Gasteiger partial charge is 0.508 e. The van der Waals surface area contributed by atoms with E-state index >= 15 is 0 Å². The molecule has 20 heavy (non-hydrogen) atoms. The van der Waals surface area contributed by atoms with Crippen molar-refractivity contribution in [2.75, 3.05) is 0 Å². The number of aliphatic hydroxyl groups excluding tert-OH is 1. The number of aromatic nitrogens is 4. The molecule has 0 radical (unpaired) electrons. The molecule has 0 atom stereocenters. The van der Waals surface area contributed by atoms with Gasteiger partial charge in [-0.05, 0) is 36.6 Å². The van der Waals surface area contributed by atoms with Crippen molar-refractivity contribution < 1.29 is 5.11 Å². The van der Waals surface area contributed by atoms with E-state index in [2.05, 4.69) is 26.2 Å². The van der Waals surface area contributed by atoms with Gasteiger partial charge in [-0.2, -0.15) is 5.10 Å². The summed E-state index contributed by atoms with van der Waals surface area (Å²) in [5.74, 6) is 0.271. The van der Waals surface area contributed by atoms with Gasteiger partial charge in [-0.15, -0.1) is 0 Å². The molecule has 2 aromatic rings. The molecule has 0 fully saturated rings. The Hall–Kier alpha value is -2.69. The number of aliphatic hydroxyl groups is 1. The summed E-state index contributed by atoms with van der Waals surface area (Å²) in [6.45, 7) is 0. The smallest absolute Gasteiger partial charge is 0.116 e. The van der Waals surface area contributed by atoms with Crippen LogP contribution in [0.1, 0.15) is 18.5 Å². The molecule has 100 valence electrons. The van der Waals surface area contributed by atoms with Crippen LogP contribution < -0.4 is 0 Å². The minimum Gasteiger partial charge on any atom is -0.508 e. The zero-order valence-electron chi connectivity index (χ0n) is 10.8. The molecule has 0 unspecified atom stereocenters. The Balaban J connectivity index is 2.05. The van der Waals surface area contributed by atoms with Crippen LogP contribution in [-0.4, -0.2) is 25.3 Å². The molecule has 1 aliphatic rings. The second-order valence-electron chi connectivity index (χ2n) is 4.46. The lowest BCUT2D eigenvalue weighted by Gasteiger charge is -2.07. The van der Waals surface area contributed by atoms with Gasteiger partial charge in [0.05, 0.1) is 17.6 Å². The monoisotopic (exact) mass is 266 g/mol. The van der Waals surface area contributed by atoms with Gasteiger partial charge in [0.1, 0.15) is 12.1 Å². The molecule has 3 rings (SSSR count). The molecule has 0 amide bonds. The fourth-order valence-corrected chi connectivity index (χ4v) is 2.14. The van der Waals surface area contributed by atoms with Crippen LogP contribution in [0.25, 0.3) is 16.8 Å². The minimum absolute atomic E-state index is 0.271. The predicted molar refractivity (Wildman–Crippen MR) is 76.7 cm³/mol. The van der Waals surface area contributed by atoms with Gasteiger partial charge in [-0.25, -0.2) is 9.97 Å². The fraction of sp³-hybridized carbons (Fsp3) is 0.133. The normalized spacial score (nSPS) is 19.4. The number of aromatic amines is 1. The first-order chi connectivity index (χ1) is 9.84. The fourth-order valence-electron chi connectivity index (χ4n) is 2.14. The average Bonchev–Trinajstić information content (AvgIpc) is 2.93. The van der Waals surface area contributed by atoms with Crippen LogP contribution in [0.15, 0.2) is 54.9 Å². The molecule has 5 heteroatoms. The highest BCUT2D eigenvalue weighted by molar-refractivity contribution is 5.78. The third kappa shape index (κ3) is 2.51. The molecule has 5 nitrogen and oxygen atoms in total. The molecule has 0 saturated heterocycles. The van der Waals surface area contributed by atoms with Crippen LogP contribution in [-0.2, 0) is 0 Å². The first-order valence-electron chi connectivity index (χ1n) is 6.39. The van der Waals surface area contributed by atoms with Crippen molar-refractivity contribution in [3.8, 4) is 11.3 Å². The van der Waals surface area contributed by atoms with Crippen molar-refractivity contribution in [3.05, 3.63) is 60.5 Å². The van der Waals surface area contributed by atoms with Crippen molar-refractivity contribution in [3.63, 3.8) is 0 Å². The lowest BCUT2D eigenvalue weighted by atomic mass is 10.0. The van der Waals surface area contributed by atoms with E-state index in [1.165, 1.54) is 6.33 Å². The Kier molecular flexibility index (Phi) is 3.41. The molecule has 2 heterocycles. The van der Waals surface area contributed by atoms with Gasteiger partial charge in [0.15, 0.2) is 0 Å². The maximum atomic E-state index is 9.84. The standard InChI is InChI=1S/C15H14N4O/c20-12-5-3-1-2-4-11(8-12)15-13(9-18-19-15)14-6-7-16-10-17-14/h1-2,5-10,20H,3-4H2,(H,18,19)/b2-1-,11-8+,12-5?. The van der Waals surface area contributed by atoms with E-state index in [9.17, 15) is 5.11 Å². The van der Waals surface area contributed by atoms with Gasteiger partial charge in [-0.3, -0.25) is 5.10 Å². The molecule has 0 aliphatic heterocycles. The van der Waals surface area contributed by atoms with Gasteiger partial charge in [0, 0.05) is 11.8 Å². The molecular weight excluding hydrogens is 252 g/mol. The lowest BCUT2D eigenvalue weighted by molar-refractivity contribution is 0.430. The van der Waals surface area contributed by atoms with Crippen molar-refractivity contribution >= 4 is 5.57 Å². The molecule has 0 saturated carbocycles. The second-order valence-corrected chi connectivity index (χ2v) is 4.46. The summed E-state index contributed by atoms with van der Waals surface area (Å²) in [4.78, 5) is 8.16. The van der Waals surface area contributed by atoms with Crippen LogP contribution in [0, 0.1) is 0 Å². The first kappa shape index (κ1) is 12.3. The SMILES string of the molecule is OC1=CC/C=C\C/C(c2[nH]ncc2-c2ccncn2)=C\1. The van der Waals surface area contributed by atoms with E-state index in [-0.39, 0.29) is 5.76 Å². The number of nitrogens with one attached hydrogen (secondary N) is 1. The number of rotatable bonds is 2. The maximum absolute atomic E-state index is 9.84. The second kappa shape index (κ2) is 5.52. The quantitative estimate of drug-likeness (QED) is 0.819. The van der Waals surface area contributed by atoms with E-state index in [1.807, 2.05) is 12.1 Å². The summed E-state index contributed by atoms with van der Waals surface area (Å²) in [5.41, 5.74) is 3.55. The van der Waals surface area contributed by atoms with Gasteiger partial charge >= 0.3 is 0 Å². The van der Waals surface area contributed by atoms with Crippen molar-refractivity contribution in [2.24, 2.45) is 0 Å². The molecule has 2 N–H and O–H groups in total. The highest BCUT2D eigenvalue weighted by Crippen LogP contribution is 2.28. The van der Waals surface area contributed by atoms with E-state index in [0.717, 1.165) is 35.4 Å². The molecule has 1 aliphatic carbocycles. The summed E-state index contributed by atoms with van der Waals surface area (Å²) in [7, 11) is 0. The third-order valence-corrected chi connectivity index (χ3v) is 3.11. The first-order valence-corrected chi connectivity index (χ1v) is 6.39. The number of hydrogen-bond donors (Lipinski definition) is 2. The van der Waals surface area contributed by atoms with E-state index in [4.69, 9.17) is 0 Å². The minimum atomic E-state index is 0.271. The summed E-state index contributed by atoms with van der Waals surface area (Å²) in [6.07, 6.45) is 14.1. The number of nitrogens with zero attached hydrogens (tertiary/aromatic N) is 3. The summed E-state index contributed by atoms with van der Waals surface area (Å²) in [6, 6.07) is 1.84. The van der Waals surface area contributed by atoms with E-state index in [0.29, 0.717) is 0 Å². The van der Waals surface area contributed by atoms with Gasteiger partial charge < -0.3 is 5.11 Å². The number of allylic oxidation sites excluding steroid dienone is 5. The lowest BCUT2D eigenvalue weighted by Crippen LogP contribution is -1.92. The summed E-state index contributed by atoms with van der Waals surface area (Å²) >= 11 is 0. The number of H-pyrrole nitrogens is 1. The van der Waals surface area contributed by atoms with Crippen LogP contribution >= 0.6 is 0 Å². The highest BCUT2D eigenvalue weighted by atomic mass is 16.3. The Morgan fingerprint density at radius 3 is 3.05 bits per heavy atom. The zero-order valence-corrected chi connectivity index (χ0v) is 10.8. The van der Waals surface area contributed by atoms with E-state index in [1.54, 1.807) is 24.5 Å². The molecule has 0 aromatic carbocycles. The zero-order chi connectivity index (χ0) is 13.8. The van der Waals surface area contributed by atoms with Gasteiger partial charge in [-0.1, -0.05) is 12.2 Å². The number of hydrogen-bond acceptors (Lipinski definition) is 4. The van der Waals surface area contributed by atoms with Crippen molar-refractivity contribution in [2.45, 2.75) is 12.8 Å². The Bertz CT molecular complexity index is 683. The highest BCUT2D eigenvalue weighted by Gasteiger charge is 2.13. The average molecular weight is 266 g/mol. The molecule has 0 bridgehead atoms. The Labute approximate surface area is 116 Å². The molecule has 2 aromatic heterocycles. The topological polar surface area (TPSA) is 74.7 Å². The van der Waals surface area contributed by atoms with Crippen LogP contribution in [0.5, 0.6) is 0 Å². The van der Waals surface area contributed by atoms with E-state index < -0.39 is 0 Å². The summed E-state index contributed by atoms with van der Waals surface area (Å²) < 4.78 is 0. The maximum Gasteiger partial charge on any atom is 0.116 e. The van der Waals surface area contributed by atoms with Crippen LogP contribution in [0.2, 0.25) is 0 Å². The van der Waals surface area contributed by atoms with Crippen LogP contribution in [0.4, 0.5) is 0 Å². The van der Waals surface area contributed by atoms with Crippen molar-refractivity contribution in [1.82, 2.24) is 20.2 Å². The third-order valence-electron chi connectivity index (χ3n) is 3.11. The van der Waals surface area contributed by atoms with Gasteiger partial charge in [0.2, 0.25) is 0 Å². The molecule has 0 spiro atoms. The summed E-state index contributed by atoms with van der Waals surface area (Å²) in [5, 5.41) is 16.9. The van der Waals surface area contributed by atoms with Crippen LogP contribution in [0.3, 0.4) is 0 Å². The van der Waals surface area contributed by atoms with Gasteiger partial charge in [0.25, 0.3) is 0 Å².